The maximum absolute atomic E-state index is 12.8. The molecular weight excluding hydrogens is 381 g/mol. The molecule has 1 aromatic carbocycles. The summed E-state index contributed by atoms with van der Waals surface area (Å²) >= 11 is 1.06. The predicted octanol–water partition coefficient (Wildman–Crippen LogP) is 1.60. The second kappa shape index (κ2) is 8.39. The van der Waals surface area contributed by atoms with Crippen molar-refractivity contribution in [1.82, 2.24) is 9.21 Å². The van der Waals surface area contributed by atoms with Gasteiger partial charge in [0.25, 0.3) is 10.0 Å². The van der Waals surface area contributed by atoms with Gasteiger partial charge in [0.05, 0.1) is 13.1 Å². The fourth-order valence-electron chi connectivity index (χ4n) is 2.00. The highest BCUT2D eigenvalue weighted by Crippen LogP contribution is 2.19. The maximum Gasteiger partial charge on any atom is 0.252 e. The number of hydrogen-bond donors (Lipinski definition) is 1. The second-order valence-electron chi connectivity index (χ2n) is 5.50. The average molecular weight is 399 g/mol. The number of anilines is 1. The SMILES string of the molecule is CN(CC(=O)Nc1ccc(F)cc1)C(=O)CN(C)S(=O)(=O)c1cccs1. The van der Waals surface area contributed by atoms with Crippen molar-refractivity contribution in [3.8, 4) is 0 Å². The summed E-state index contributed by atoms with van der Waals surface area (Å²) in [5.74, 6) is -1.43. The van der Waals surface area contributed by atoms with E-state index in [1.165, 1.54) is 44.4 Å². The lowest BCUT2D eigenvalue weighted by Gasteiger charge is -2.21. The van der Waals surface area contributed by atoms with Gasteiger partial charge in [-0.15, -0.1) is 11.3 Å². The summed E-state index contributed by atoms with van der Waals surface area (Å²) in [5, 5.41) is 4.16. The lowest BCUT2D eigenvalue weighted by Crippen LogP contribution is -2.42. The summed E-state index contributed by atoms with van der Waals surface area (Å²) in [6.45, 7) is -0.649. The van der Waals surface area contributed by atoms with Crippen molar-refractivity contribution in [2.24, 2.45) is 0 Å². The molecule has 10 heteroatoms. The zero-order chi connectivity index (χ0) is 19.3. The van der Waals surface area contributed by atoms with Crippen molar-refractivity contribution in [2.75, 3.05) is 32.5 Å². The molecule has 0 radical (unpaired) electrons. The van der Waals surface area contributed by atoms with Gasteiger partial charge < -0.3 is 10.2 Å². The lowest BCUT2D eigenvalue weighted by atomic mass is 10.3. The van der Waals surface area contributed by atoms with Crippen LogP contribution in [0.1, 0.15) is 0 Å². The molecular formula is C16H18FN3O4S2. The summed E-state index contributed by atoms with van der Waals surface area (Å²) in [6.07, 6.45) is 0. The highest BCUT2D eigenvalue weighted by molar-refractivity contribution is 7.91. The molecule has 0 bridgehead atoms. The van der Waals surface area contributed by atoms with Gasteiger partial charge in [0.1, 0.15) is 10.0 Å². The summed E-state index contributed by atoms with van der Waals surface area (Å²) < 4.78 is 38.5. The van der Waals surface area contributed by atoms with Gasteiger partial charge in [0, 0.05) is 19.8 Å². The maximum atomic E-state index is 12.8. The Balaban J connectivity index is 1.90. The van der Waals surface area contributed by atoms with Gasteiger partial charge in [-0.05, 0) is 35.7 Å². The van der Waals surface area contributed by atoms with E-state index in [1.54, 1.807) is 11.4 Å². The van der Waals surface area contributed by atoms with Crippen LogP contribution in [0.15, 0.2) is 46.0 Å². The predicted molar refractivity (Wildman–Crippen MR) is 96.8 cm³/mol. The monoisotopic (exact) mass is 399 g/mol. The first kappa shape index (κ1) is 20.0. The molecule has 0 unspecified atom stereocenters. The van der Waals surface area contributed by atoms with E-state index >= 15 is 0 Å². The summed E-state index contributed by atoms with van der Waals surface area (Å²) in [7, 11) is -1.03. The summed E-state index contributed by atoms with van der Waals surface area (Å²) in [6, 6.07) is 8.27. The molecule has 0 aliphatic carbocycles. The Bertz CT molecular complexity index is 867. The molecule has 2 rings (SSSR count). The van der Waals surface area contributed by atoms with Crippen LogP contribution in [0.4, 0.5) is 10.1 Å². The first-order valence-corrected chi connectivity index (χ1v) is 9.81. The molecule has 26 heavy (non-hydrogen) atoms. The largest absolute Gasteiger partial charge is 0.335 e. The summed E-state index contributed by atoms with van der Waals surface area (Å²) in [5.41, 5.74) is 0.398. The van der Waals surface area contributed by atoms with Crippen molar-refractivity contribution >= 4 is 38.9 Å². The molecule has 1 N–H and O–H groups in total. The lowest BCUT2D eigenvalue weighted by molar-refractivity contribution is -0.133. The highest BCUT2D eigenvalue weighted by Gasteiger charge is 2.25. The Kier molecular flexibility index (Phi) is 6.46. The normalized spacial score (nSPS) is 11.4. The number of sulfonamides is 1. The fraction of sp³-hybridized carbons (Fsp3) is 0.250. The van der Waals surface area contributed by atoms with Gasteiger partial charge >= 0.3 is 0 Å². The number of rotatable bonds is 7. The van der Waals surface area contributed by atoms with Gasteiger partial charge in [-0.25, -0.2) is 12.8 Å². The number of carbonyl (C=O) groups is 2. The minimum atomic E-state index is -3.74. The average Bonchev–Trinajstić information content (AvgIpc) is 3.12. The molecule has 0 atom stereocenters. The van der Waals surface area contributed by atoms with E-state index in [9.17, 15) is 22.4 Å². The number of nitrogens with zero attached hydrogens (tertiary/aromatic N) is 2. The van der Waals surface area contributed by atoms with Crippen LogP contribution in [0.5, 0.6) is 0 Å². The van der Waals surface area contributed by atoms with Crippen LogP contribution in [-0.2, 0) is 19.6 Å². The van der Waals surface area contributed by atoms with Gasteiger partial charge in [-0.3, -0.25) is 9.59 Å². The molecule has 1 aromatic heterocycles. The Labute approximate surface area is 155 Å². The molecule has 0 saturated carbocycles. The summed E-state index contributed by atoms with van der Waals surface area (Å²) in [4.78, 5) is 25.3. The first-order chi connectivity index (χ1) is 12.2. The molecule has 0 fully saturated rings. The molecule has 0 aliphatic rings. The van der Waals surface area contributed by atoms with Crippen LogP contribution in [-0.4, -0.2) is 56.6 Å². The topological polar surface area (TPSA) is 86.8 Å². The third kappa shape index (κ3) is 5.10. The van der Waals surface area contributed by atoms with E-state index < -0.39 is 27.7 Å². The van der Waals surface area contributed by atoms with E-state index in [1.807, 2.05) is 0 Å². The van der Waals surface area contributed by atoms with E-state index in [4.69, 9.17) is 0 Å². The molecule has 0 saturated heterocycles. The van der Waals surface area contributed by atoms with Crippen LogP contribution < -0.4 is 5.32 Å². The van der Waals surface area contributed by atoms with E-state index in [2.05, 4.69) is 5.32 Å². The molecule has 2 amide bonds. The number of benzene rings is 1. The number of carbonyl (C=O) groups excluding carboxylic acids is 2. The Hall–Kier alpha value is -2.30. The van der Waals surface area contributed by atoms with Gasteiger partial charge in [0.15, 0.2) is 0 Å². The molecule has 1 heterocycles. The molecule has 140 valence electrons. The van der Waals surface area contributed by atoms with E-state index in [-0.39, 0.29) is 17.3 Å². The van der Waals surface area contributed by atoms with Crippen molar-refractivity contribution < 1.29 is 22.4 Å². The minimum absolute atomic E-state index is 0.143. The number of nitrogens with one attached hydrogen (secondary N) is 1. The Morgan fingerprint density at radius 3 is 2.35 bits per heavy atom. The van der Waals surface area contributed by atoms with E-state index in [0.717, 1.165) is 20.5 Å². The molecule has 0 aliphatic heterocycles. The van der Waals surface area contributed by atoms with Crippen molar-refractivity contribution in [2.45, 2.75) is 4.21 Å². The quantitative estimate of drug-likeness (QED) is 0.766. The second-order valence-corrected chi connectivity index (χ2v) is 8.72. The van der Waals surface area contributed by atoms with E-state index in [0.29, 0.717) is 5.69 Å². The molecule has 0 spiro atoms. The van der Waals surface area contributed by atoms with Gasteiger partial charge in [0.2, 0.25) is 11.8 Å². The number of likely N-dealkylation sites (N-methyl/N-ethyl adjacent to an activating group) is 2. The van der Waals surface area contributed by atoms with Crippen molar-refractivity contribution in [3.63, 3.8) is 0 Å². The van der Waals surface area contributed by atoms with Crippen LogP contribution >= 0.6 is 11.3 Å². The minimum Gasteiger partial charge on any atom is -0.335 e. The Morgan fingerprint density at radius 2 is 1.77 bits per heavy atom. The fourth-order valence-corrected chi connectivity index (χ4v) is 4.32. The molecule has 2 aromatic rings. The smallest absolute Gasteiger partial charge is 0.252 e. The zero-order valence-electron chi connectivity index (χ0n) is 14.2. The van der Waals surface area contributed by atoms with Crippen molar-refractivity contribution in [1.29, 1.82) is 0 Å². The van der Waals surface area contributed by atoms with Crippen LogP contribution in [0.25, 0.3) is 0 Å². The van der Waals surface area contributed by atoms with Gasteiger partial charge in [-0.1, -0.05) is 6.07 Å². The third-order valence-electron chi connectivity index (χ3n) is 3.45. The van der Waals surface area contributed by atoms with Crippen LogP contribution in [0, 0.1) is 5.82 Å². The molecule has 7 nitrogen and oxygen atoms in total. The zero-order valence-corrected chi connectivity index (χ0v) is 15.8. The number of amides is 2. The van der Waals surface area contributed by atoms with Crippen LogP contribution in [0.2, 0.25) is 0 Å². The number of hydrogen-bond acceptors (Lipinski definition) is 5. The number of thiophene rings is 1. The highest BCUT2D eigenvalue weighted by atomic mass is 32.2. The first-order valence-electron chi connectivity index (χ1n) is 7.49. The third-order valence-corrected chi connectivity index (χ3v) is 6.63. The van der Waals surface area contributed by atoms with Gasteiger partial charge in [-0.2, -0.15) is 4.31 Å². The Morgan fingerprint density at radius 1 is 1.12 bits per heavy atom. The standard InChI is InChI=1S/C16H18FN3O4S2/c1-19(10-14(21)18-13-7-5-12(17)6-8-13)15(22)11-20(2)26(23,24)16-4-3-9-25-16/h3-9H,10-11H2,1-2H3,(H,18,21). The number of halogens is 1. The van der Waals surface area contributed by atoms with Crippen molar-refractivity contribution in [3.05, 3.63) is 47.6 Å². The van der Waals surface area contributed by atoms with Crippen LogP contribution in [0.3, 0.4) is 0 Å².